The molecule has 0 aromatic carbocycles. The summed E-state index contributed by atoms with van der Waals surface area (Å²) in [6, 6.07) is -0.958. The molecule has 51 heavy (non-hydrogen) atoms. The van der Waals surface area contributed by atoms with Crippen LogP contribution in [0.5, 0.6) is 0 Å². The zero-order valence-corrected chi connectivity index (χ0v) is 31.9. The first-order chi connectivity index (χ1) is 24.4. The highest BCUT2D eigenvalue weighted by molar-refractivity contribution is 5.84. The van der Waals surface area contributed by atoms with Crippen molar-refractivity contribution in [1.29, 1.82) is 0 Å². The van der Waals surface area contributed by atoms with E-state index in [9.17, 15) is 33.9 Å². The van der Waals surface area contributed by atoms with Crippen molar-refractivity contribution in [2.45, 2.75) is 205 Å². The minimum Gasteiger partial charge on any atom is -0.481 e. The van der Waals surface area contributed by atoms with Crippen molar-refractivity contribution >= 4 is 35.2 Å². The zero-order valence-electron chi connectivity index (χ0n) is 31.9. The second-order valence-corrected chi connectivity index (χ2v) is 14.6. The molecule has 0 saturated heterocycles. The van der Waals surface area contributed by atoms with Crippen molar-refractivity contribution in [1.82, 2.24) is 5.32 Å². The number of carboxylic acids is 2. The molecule has 0 fully saturated rings. The third kappa shape index (κ3) is 31.8. The number of unbranched alkanes of at least 4 members (excludes halogenated alkanes) is 18. The molecule has 0 aliphatic rings. The van der Waals surface area contributed by atoms with Gasteiger partial charge in [0.2, 0.25) is 5.91 Å². The van der Waals surface area contributed by atoms with E-state index < -0.39 is 29.9 Å². The molecule has 0 unspecified atom stereocenters. The lowest BCUT2D eigenvalue weighted by Crippen LogP contribution is -2.31. The highest BCUT2D eigenvalue weighted by Crippen LogP contribution is 2.17. The van der Waals surface area contributed by atoms with Gasteiger partial charge in [-0.2, -0.15) is 0 Å². The lowest BCUT2D eigenvalue weighted by Gasteiger charge is -2.13. The van der Waals surface area contributed by atoms with Gasteiger partial charge in [0.1, 0.15) is 17.3 Å². The number of carbonyl (C=O) groups excluding carboxylic acids is 4. The molecule has 0 spiro atoms. The van der Waals surface area contributed by atoms with E-state index in [-0.39, 0.29) is 48.9 Å². The van der Waals surface area contributed by atoms with Crippen LogP contribution in [0, 0.1) is 5.92 Å². The van der Waals surface area contributed by atoms with Gasteiger partial charge < -0.3 is 27.0 Å². The Bertz CT molecular complexity index is 973. The van der Waals surface area contributed by atoms with E-state index in [1.807, 2.05) is 0 Å². The van der Waals surface area contributed by atoms with Gasteiger partial charge in [0, 0.05) is 38.6 Å². The predicted molar refractivity (Wildman–Crippen MR) is 202 cm³/mol. The third-order valence-corrected chi connectivity index (χ3v) is 9.78. The van der Waals surface area contributed by atoms with Crippen LogP contribution in [0.2, 0.25) is 0 Å². The van der Waals surface area contributed by atoms with Gasteiger partial charge in [-0.1, -0.05) is 103 Å². The maximum Gasteiger partial charge on any atom is 0.306 e. The summed E-state index contributed by atoms with van der Waals surface area (Å²) in [4.78, 5) is 70.3. The van der Waals surface area contributed by atoms with E-state index in [0.29, 0.717) is 45.1 Å². The Morgan fingerprint density at radius 1 is 0.510 bits per heavy atom. The summed E-state index contributed by atoms with van der Waals surface area (Å²) in [5.74, 6) is -2.89. The number of amides is 1. The third-order valence-electron chi connectivity index (χ3n) is 9.78. The number of aliphatic carboxylic acids is 2. The molecule has 0 aliphatic heterocycles. The van der Waals surface area contributed by atoms with Crippen LogP contribution in [0.15, 0.2) is 0 Å². The van der Waals surface area contributed by atoms with Gasteiger partial charge in [-0.25, -0.2) is 0 Å². The summed E-state index contributed by atoms with van der Waals surface area (Å²) in [6.45, 7) is 1.91. The van der Waals surface area contributed by atoms with Crippen molar-refractivity contribution in [3.05, 3.63) is 0 Å². The quantitative estimate of drug-likeness (QED) is 0.0395. The maximum atomic E-state index is 12.4. The Morgan fingerprint density at radius 2 is 0.941 bits per heavy atom. The van der Waals surface area contributed by atoms with Gasteiger partial charge in [0.25, 0.3) is 0 Å². The van der Waals surface area contributed by atoms with Crippen LogP contribution in [0.1, 0.15) is 193 Å². The maximum absolute atomic E-state index is 12.4. The standard InChI is InChI=1S/C40H73N3O8/c1-32(44)35(41)24-18-16-19-26-37(46)36(42)25-21-22-30-43-38(47)29-28-33(40(50)51)31-34(45)23-17-14-12-10-8-6-4-2-3-5-7-9-11-13-15-20-27-39(48)49/h33,35-36H,2-31,41-42H2,1H3,(H,43,47)(H,48,49)(H,50,51)/t33-,35+,36+/m1/s1. The van der Waals surface area contributed by atoms with Crippen LogP contribution < -0.4 is 16.8 Å². The average Bonchev–Trinajstić information content (AvgIpc) is 3.08. The molecule has 11 heteroatoms. The molecule has 7 N–H and O–H groups in total. The van der Waals surface area contributed by atoms with Gasteiger partial charge in [-0.05, 0) is 58.3 Å². The molecule has 296 valence electrons. The van der Waals surface area contributed by atoms with Crippen molar-refractivity contribution < 1.29 is 39.0 Å². The van der Waals surface area contributed by atoms with E-state index in [2.05, 4.69) is 5.32 Å². The number of carbonyl (C=O) groups is 6. The van der Waals surface area contributed by atoms with Gasteiger partial charge in [0.15, 0.2) is 0 Å². The number of nitrogens with one attached hydrogen (secondary N) is 1. The summed E-state index contributed by atoms with van der Waals surface area (Å²) in [5.41, 5.74) is 11.7. The highest BCUT2D eigenvalue weighted by Gasteiger charge is 2.22. The van der Waals surface area contributed by atoms with E-state index in [1.165, 1.54) is 64.7 Å². The van der Waals surface area contributed by atoms with Gasteiger partial charge in [0.05, 0.1) is 18.0 Å². The lowest BCUT2D eigenvalue weighted by molar-refractivity contribution is -0.144. The first-order valence-electron chi connectivity index (χ1n) is 20.2. The number of hydrogen-bond acceptors (Lipinski definition) is 8. The van der Waals surface area contributed by atoms with E-state index >= 15 is 0 Å². The number of Topliss-reactive ketones (excluding diaryl/α,β-unsaturated/α-hetero) is 3. The molecule has 0 aromatic heterocycles. The molecule has 3 atom stereocenters. The summed E-state index contributed by atoms with van der Waals surface area (Å²) in [6.07, 6.45) is 24.4. The molecule has 0 bridgehead atoms. The number of ketones is 3. The smallest absolute Gasteiger partial charge is 0.306 e. The van der Waals surface area contributed by atoms with Crippen LogP contribution in [-0.2, 0) is 28.8 Å². The summed E-state index contributed by atoms with van der Waals surface area (Å²) in [7, 11) is 0. The topological polar surface area (TPSA) is 207 Å². The Labute approximate surface area is 308 Å². The fourth-order valence-corrected chi connectivity index (χ4v) is 6.26. The molecule has 1 amide bonds. The molecule has 0 saturated carbocycles. The average molecular weight is 724 g/mol. The van der Waals surface area contributed by atoms with Crippen molar-refractivity contribution in [2.24, 2.45) is 17.4 Å². The molecule has 0 aliphatic carbocycles. The SMILES string of the molecule is CC(=O)[C@@H](N)CCCCCC(=O)[C@@H](N)CCCCNC(=O)CC[C@H](CC(=O)CCCCCCCCCCCCCCCCCCC(=O)O)C(=O)O. The van der Waals surface area contributed by atoms with Crippen LogP contribution in [0.3, 0.4) is 0 Å². The summed E-state index contributed by atoms with van der Waals surface area (Å²) < 4.78 is 0. The fraction of sp³-hybridized carbons (Fsp3) is 0.850. The second kappa shape index (κ2) is 33.2. The van der Waals surface area contributed by atoms with Crippen molar-refractivity contribution in [3.63, 3.8) is 0 Å². The van der Waals surface area contributed by atoms with Gasteiger partial charge >= 0.3 is 11.9 Å². The Morgan fingerprint density at radius 3 is 1.43 bits per heavy atom. The molecule has 0 heterocycles. The van der Waals surface area contributed by atoms with Gasteiger partial charge in [-0.15, -0.1) is 0 Å². The Kier molecular flexibility index (Phi) is 31.5. The number of rotatable bonds is 38. The second-order valence-electron chi connectivity index (χ2n) is 14.6. The minimum absolute atomic E-state index is 0.0185. The van der Waals surface area contributed by atoms with E-state index in [0.717, 1.165) is 64.2 Å². The van der Waals surface area contributed by atoms with Crippen molar-refractivity contribution in [2.75, 3.05) is 6.54 Å². The molecule has 0 radical (unpaired) electrons. The van der Waals surface area contributed by atoms with E-state index in [1.54, 1.807) is 0 Å². The zero-order chi connectivity index (χ0) is 38.1. The molecule has 0 aromatic rings. The number of nitrogens with two attached hydrogens (primary N) is 2. The minimum atomic E-state index is -1.04. The Balaban J connectivity index is 3.77. The lowest BCUT2D eigenvalue weighted by atomic mass is 9.94. The van der Waals surface area contributed by atoms with Gasteiger partial charge in [-0.3, -0.25) is 28.8 Å². The van der Waals surface area contributed by atoms with Crippen LogP contribution in [-0.4, -0.2) is 64.0 Å². The molecule has 11 nitrogen and oxygen atoms in total. The first-order valence-corrected chi connectivity index (χ1v) is 20.2. The van der Waals surface area contributed by atoms with Crippen molar-refractivity contribution in [3.8, 4) is 0 Å². The van der Waals surface area contributed by atoms with Crippen LogP contribution in [0.25, 0.3) is 0 Å². The normalized spacial score (nSPS) is 13.0. The molecular weight excluding hydrogens is 650 g/mol. The fourth-order valence-electron chi connectivity index (χ4n) is 6.26. The van der Waals surface area contributed by atoms with Crippen LogP contribution >= 0.6 is 0 Å². The number of carboxylic acid groups (broad SMARTS) is 2. The summed E-state index contributed by atoms with van der Waals surface area (Å²) >= 11 is 0. The molecule has 0 rings (SSSR count). The van der Waals surface area contributed by atoms with E-state index in [4.69, 9.17) is 16.6 Å². The predicted octanol–water partition coefficient (Wildman–Crippen LogP) is 7.58. The largest absolute Gasteiger partial charge is 0.481 e. The summed E-state index contributed by atoms with van der Waals surface area (Å²) in [5, 5.41) is 21.0. The molecular formula is C40H73N3O8. The highest BCUT2D eigenvalue weighted by atomic mass is 16.4. The van der Waals surface area contributed by atoms with Crippen LogP contribution in [0.4, 0.5) is 0 Å². The monoisotopic (exact) mass is 724 g/mol. The first kappa shape index (κ1) is 48.3. The Hall–Kier alpha value is -2.66. The number of hydrogen-bond donors (Lipinski definition) is 5.